The molecule has 0 saturated heterocycles. The Kier molecular flexibility index (Phi) is 3.00. The largest absolute Gasteiger partial charge is 0.351 e. The van der Waals surface area contributed by atoms with E-state index in [1.54, 1.807) is 11.3 Å². The van der Waals surface area contributed by atoms with Crippen LogP contribution in [0.1, 0.15) is 29.7 Å². The number of hydrogen-bond donors (Lipinski definition) is 0. The van der Waals surface area contributed by atoms with Crippen molar-refractivity contribution < 1.29 is 0 Å². The predicted octanol–water partition coefficient (Wildman–Crippen LogP) is 3.61. The van der Waals surface area contributed by atoms with E-state index in [0.29, 0.717) is 0 Å². The van der Waals surface area contributed by atoms with Crippen molar-refractivity contribution in [3.63, 3.8) is 0 Å². The molecule has 1 heterocycles. The van der Waals surface area contributed by atoms with Gasteiger partial charge in [0, 0.05) is 18.4 Å². The first kappa shape index (κ1) is 10.6. The Bertz CT molecular complexity index is 481. The zero-order valence-corrected chi connectivity index (χ0v) is 10.2. The summed E-state index contributed by atoms with van der Waals surface area (Å²) in [5, 5.41) is 0. The highest BCUT2D eigenvalue weighted by Crippen LogP contribution is 2.22. The van der Waals surface area contributed by atoms with Gasteiger partial charge in [0.15, 0.2) is 0 Å². The molecule has 0 fully saturated rings. The summed E-state index contributed by atoms with van der Waals surface area (Å²) in [6.45, 7) is 1.12. The van der Waals surface area contributed by atoms with E-state index in [9.17, 15) is 0 Å². The van der Waals surface area contributed by atoms with Crippen LogP contribution in [0, 0.1) is 0 Å². The summed E-state index contributed by atoms with van der Waals surface area (Å²) in [5.41, 5.74) is 4.61. The Balaban J connectivity index is 1.71. The lowest BCUT2D eigenvalue weighted by molar-refractivity contribution is 0.603. The van der Waals surface area contributed by atoms with Crippen molar-refractivity contribution in [2.24, 2.45) is 0 Å². The maximum atomic E-state index is 2.46. The van der Waals surface area contributed by atoms with Gasteiger partial charge in [-0.1, -0.05) is 30.3 Å². The van der Waals surface area contributed by atoms with Crippen molar-refractivity contribution in [3.8, 4) is 0 Å². The summed E-state index contributed by atoms with van der Waals surface area (Å²) >= 11 is 0. The highest BCUT2D eigenvalue weighted by Gasteiger charge is 2.12. The molecule has 1 aliphatic carbocycles. The maximum absolute atomic E-state index is 2.46. The first-order valence-electron chi connectivity index (χ1n) is 6.64. The van der Waals surface area contributed by atoms with Gasteiger partial charge in [-0.25, -0.2) is 0 Å². The monoisotopic (exact) mass is 225 g/mol. The molecule has 88 valence electrons. The number of aryl methyl sites for hydroxylation is 3. The minimum atomic E-state index is 1.12. The van der Waals surface area contributed by atoms with Gasteiger partial charge in [-0.15, -0.1) is 0 Å². The van der Waals surface area contributed by atoms with Gasteiger partial charge in [-0.2, -0.15) is 0 Å². The molecule has 0 N–H and O–H groups in total. The SMILES string of the molecule is c1ccc(CCn2ccc3c2CCCC3)cc1. The van der Waals surface area contributed by atoms with Gasteiger partial charge < -0.3 is 4.57 Å². The quantitative estimate of drug-likeness (QED) is 0.752. The minimum Gasteiger partial charge on any atom is -0.351 e. The Labute approximate surface area is 103 Å². The van der Waals surface area contributed by atoms with E-state index >= 15 is 0 Å². The topological polar surface area (TPSA) is 4.93 Å². The summed E-state index contributed by atoms with van der Waals surface area (Å²) in [4.78, 5) is 0. The predicted molar refractivity (Wildman–Crippen MR) is 71.2 cm³/mol. The molecule has 17 heavy (non-hydrogen) atoms. The Morgan fingerprint density at radius 3 is 2.65 bits per heavy atom. The van der Waals surface area contributed by atoms with Crippen molar-refractivity contribution in [2.45, 2.75) is 38.6 Å². The highest BCUT2D eigenvalue weighted by atomic mass is 15.0. The lowest BCUT2D eigenvalue weighted by atomic mass is 9.98. The van der Waals surface area contributed by atoms with Crippen LogP contribution in [0.15, 0.2) is 42.6 Å². The molecule has 0 spiro atoms. The van der Waals surface area contributed by atoms with Crippen molar-refractivity contribution in [3.05, 3.63) is 59.4 Å². The zero-order valence-electron chi connectivity index (χ0n) is 10.2. The Morgan fingerprint density at radius 2 is 1.76 bits per heavy atom. The summed E-state index contributed by atoms with van der Waals surface area (Å²) in [5.74, 6) is 0. The van der Waals surface area contributed by atoms with E-state index < -0.39 is 0 Å². The van der Waals surface area contributed by atoms with Crippen LogP contribution in [0.5, 0.6) is 0 Å². The molecule has 2 aromatic rings. The molecule has 0 unspecified atom stereocenters. The fourth-order valence-electron chi connectivity index (χ4n) is 2.79. The molecule has 0 amide bonds. The van der Waals surface area contributed by atoms with Crippen LogP contribution in [-0.4, -0.2) is 4.57 Å². The van der Waals surface area contributed by atoms with Crippen LogP contribution in [-0.2, 0) is 25.8 Å². The van der Waals surface area contributed by atoms with Crippen molar-refractivity contribution >= 4 is 0 Å². The van der Waals surface area contributed by atoms with Crippen molar-refractivity contribution in [2.75, 3.05) is 0 Å². The van der Waals surface area contributed by atoms with Gasteiger partial charge in [0.1, 0.15) is 0 Å². The van der Waals surface area contributed by atoms with Gasteiger partial charge in [0.25, 0.3) is 0 Å². The van der Waals surface area contributed by atoms with Crippen LogP contribution in [0.2, 0.25) is 0 Å². The standard InChI is InChI=1S/C16H19N/c1-2-6-14(7-3-1)10-12-17-13-11-15-8-4-5-9-16(15)17/h1-3,6-7,11,13H,4-5,8-10,12H2. The third-order valence-electron chi connectivity index (χ3n) is 3.77. The van der Waals surface area contributed by atoms with Gasteiger partial charge in [-0.3, -0.25) is 0 Å². The van der Waals surface area contributed by atoms with E-state index in [2.05, 4.69) is 47.2 Å². The van der Waals surface area contributed by atoms with Crippen LogP contribution in [0.3, 0.4) is 0 Å². The molecule has 0 saturated carbocycles. The minimum absolute atomic E-state index is 1.12. The van der Waals surface area contributed by atoms with Gasteiger partial charge in [0.2, 0.25) is 0 Å². The van der Waals surface area contributed by atoms with Crippen LogP contribution in [0.25, 0.3) is 0 Å². The molecule has 1 aromatic carbocycles. The smallest absolute Gasteiger partial charge is 0.0262 e. The fourth-order valence-corrected chi connectivity index (χ4v) is 2.79. The second-order valence-electron chi connectivity index (χ2n) is 4.92. The number of aromatic nitrogens is 1. The first-order valence-corrected chi connectivity index (χ1v) is 6.64. The van der Waals surface area contributed by atoms with Crippen LogP contribution >= 0.6 is 0 Å². The summed E-state index contributed by atoms with van der Waals surface area (Å²) in [6.07, 6.45) is 8.71. The molecule has 0 aliphatic heterocycles. The molecule has 3 rings (SSSR count). The maximum Gasteiger partial charge on any atom is 0.0262 e. The Hall–Kier alpha value is -1.50. The van der Waals surface area contributed by atoms with Crippen molar-refractivity contribution in [1.29, 1.82) is 0 Å². The summed E-state index contributed by atoms with van der Waals surface area (Å²) in [7, 11) is 0. The van der Waals surface area contributed by atoms with E-state index in [-0.39, 0.29) is 0 Å². The van der Waals surface area contributed by atoms with Crippen molar-refractivity contribution in [1.82, 2.24) is 4.57 Å². The molecule has 0 atom stereocenters. The molecule has 1 nitrogen and oxygen atoms in total. The van der Waals surface area contributed by atoms with Gasteiger partial charge >= 0.3 is 0 Å². The van der Waals surface area contributed by atoms with E-state index in [1.165, 1.54) is 31.2 Å². The van der Waals surface area contributed by atoms with Crippen LogP contribution in [0.4, 0.5) is 0 Å². The lowest BCUT2D eigenvalue weighted by Crippen LogP contribution is -2.09. The second-order valence-corrected chi connectivity index (χ2v) is 4.92. The normalized spacial score (nSPS) is 14.6. The summed E-state index contributed by atoms with van der Waals surface area (Å²) in [6, 6.07) is 13.1. The average Bonchev–Trinajstić information content (AvgIpc) is 2.81. The molecule has 1 aromatic heterocycles. The summed E-state index contributed by atoms with van der Waals surface area (Å²) < 4.78 is 2.46. The van der Waals surface area contributed by atoms with Gasteiger partial charge in [-0.05, 0) is 49.3 Å². The number of hydrogen-bond acceptors (Lipinski definition) is 0. The third-order valence-corrected chi connectivity index (χ3v) is 3.77. The second kappa shape index (κ2) is 4.79. The highest BCUT2D eigenvalue weighted by molar-refractivity contribution is 5.25. The number of fused-ring (bicyclic) bond motifs is 1. The van der Waals surface area contributed by atoms with E-state index in [1.807, 2.05) is 0 Å². The molecule has 1 heteroatoms. The number of rotatable bonds is 3. The van der Waals surface area contributed by atoms with E-state index in [4.69, 9.17) is 0 Å². The first-order chi connectivity index (χ1) is 8.43. The zero-order chi connectivity index (χ0) is 11.5. The number of benzene rings is 1. The van der Waals surface area contributed by atoms with Crippen LogP contribution < -0.4 is 0 Å². The fraction of sp³-hybridized carbons (Fsp3) is 0.375. The lowest BCUT2D eigenvalue weighted by Gasteiger charge is -2.15. The number of nitrogens with zero attached hydrogens (tertiary/aromatic N) is 1. The average molecular weight is 225 g/mol. The molecular weight excluding hydrogens is 206 g/mol. The molecule has 0 bridgehead atoms. The van der Waals surface area contributed by atoms with Gasteiger partial charge in [0.05, 0.1) is 0 Å². The molecule has 0 radical (unpaired) electrons. The van der Waals surface area contributed by atoms with E-state index in [0.717, 1.165) is 13.0 Å². The third kappa shape index (κ3) is 2.28. The molecular formula is C16H19N. The molecule has 1 aliphatic rings. The Morgan fingerprint density at radius 1 is 0.941 bits per heavy atom.